The number of benzene rings is 2. The van der Waals surface area contributed by atoms with E-state index in [1.54, 1.807) is 12.3 Å². The van der Waals surface area contributed by atoms with Crippen molar-refractivity contribution in [2.45, 2.75) is 6.42 Å². The minimum Gasteiger partial charge on any atom is 0.0507 e. The Labute approximate surface area is 210 Å². The average molecular weight is 626 g/mol. The molecule has 2 amide bonds. The van der Waals surface area contributed by atoms with Gasteiger partial charge in [0.25, 0.3) is 0 Å². The second-order valence-corrected chi connectivity index (χ2v) is 11.5. The number of hydrogen-bond acceptors (Lipinski definition) is 4. The van der Waals surface area contributed by atoms with Crippen LogP contribution in [0.5, 0.6) is 0 Å². The van der Waals surface area contributed by atoms with Crippen LogP contribution in [0.2, 0.25) is 0 Å². The Bertz CT molecular complexity index is 1110. The van der Waals surface area contributed by atoms with Crippen LogP contribution < -0.4 is 5.32 Å². The predicted molar refractivity (Wildman–Crippen MR) is 125 cm³/mol. The first-order chi connectivity index (χ1) is 16.1. The summed E-state index contributed by atoms with van der Waals surface area (Å²) in [5, 5.41) is 2.83. The zero-order valence-electron chi connectivity index (χ0n) is 18.5. The summed E-state index contributed by atoms with van der Waals surface area (Å²) in [6, 6.07) is 21.2. The Kier molecular flexibility index (Phi) is 8.02. The number of rotatable bonds is 6. The Morgan fingerprint density at radius 3 is 2.33 bits per heavy atom. The van der Waals surface area contributed by atoms with Crippen molar-refractivity contribution in [2.75, 3.05) is 31.5 Å². The number of anilines is 1. The summed E-state index contributed by atoms with van der Waals surface area (Å²) < 4.78 is 2.43. The number of carbonyl (C=O) groups is 2. The second kappa shape index (κ2) is 11.3. The Morgan fingerprint density at radius 2 is 1.67 bits per heavy atom. The van der Waals surface area contributed by atoms with Gasteiger partial charge in [0, 0.05) is 6.08 Å². The van der Waals surface area contributed by atoms with Crippen molar-refractivity contribution in [1.29, 1.82) is 0 Å². The summed E-state index contributed by atoms with van der Waals surface area (Å²) in [6.45, 7) is 3.63. The molecule has 1 saturated heterocycles. The van der Waals surface area contributed by atoms with Crippen molar-refractivity contribution in [3.63, 3.8) is 0 Å². The van der Waals surface area contributed by atoms with Crippen LogP contribution in [0.4, 0.5) is 5.69 Å². The number of amides is 2. The number of piperazine rings is 1. The van der Waals surface area contributed by atoms with E-state index in [1.807, 2.05) is 71.6 Å². The molecule has 3 aromatic rings. The zero-order valence-corrected chi connectivity index (χ0v) is 24.0. The van der Waals surface area contributed by atoms with Crippen LogP contribution in [-0.2, 0) is 37.6 Å². The molecule has 2 aromatic carbocycles. The number of nitrogens with zero attached hydrogens (tertiary/aromatic N) is 3. The van der Waals surface area contributed by atoms with Crippen molar-refractivity contribution in [3.8, 4) is 0 Å². The molecule has 1 fully saturated rings. The summed E-state index contributed by atoms with van der Waals surface area (Å²) >= 11 is 0.644. The third kappa shape index (κ3) is 6.82. The Balaban J connectivity index is 1.30. The quantitative estimate of drug-likeness (QED) is 0.336. The second-order valence-electron chi connectivity index (χ2n) is 8.06. The number of aromatic nitrogens is 1. The minimum absolute atomic E-state index is 0.113. The molecule has 0 spiro atoms. The molecule has 0 bridgehead atoms. The molecular formula is C26H25HgN4O2. The Hall–Kier alpha value is -2.83. The van der Waals surface area contributed by atoms with Crippen LogP contribution in [0.3, 0.4) is 0 Å². The summed E-state index contributed by atoms with van der Waals surface area (Å²) in [7, 11) is 0. The molecule has 1 aliphatic heterocycles. The van der Waals surface area contributed by atoms with Crippen molar-refractivity contribution < 1.29 is 36.0 Å². The van der Waals surface area contributed by atoms with Crippen LogP contribution in [0.15, 0.2) is 79.0 Å². The van der Waals surface area contributed by atoms with Gasteiger partial charge in [-0.2, -0.15) is 0 Å². The maximum absolute atomic E-state index is 12.7. The van der Waals surface area contributed by atoms with Gasteiger partial charge in [-0.3, -0.25) is 4.79 Å². The van der Waals surface area contributed by atoms with E-state index in [1.165, 1.54) is 6.08 Å². The van der Waals surface area contributed by atoms with E-state index in [2.05, 4.69) is 13.0 Å². The molecule has 1 aliphatic rings. The number of carbonyl (C=O) groups excluding carboxylic acids is 2. The molecule has 0 radical (unpaired) electrons. The molecule has 163 valence electrons. The van der Waals surface area contributed by atoms with Gasteiger partial charge in [0.15, 0.2) is 0 Å². The van der Waals surface area contributed by atoms with Gasteiger partial charge in [-0.15, -0.1) is 0 Å². The predicted octanol–water partition coefficient (Wildman–Crippen LogP) is 3.54. The first kappa shape index (κ1) is 23.3. The molecular weight excluding hydrogens is 601 g/mol. The zero-order chi connectivity index (χ0) is 23.0. The van der Waals surface area contributed by atoms with Gasteiger partial charge >= 0.3 is 129 Å². The van der Waals surface area contributed by atoms with Gasteiger partial charge in [-0.25, -0.2) is 0 Å². The molecule has 33 heavy (non-hydrogen) atoms. The first-order valence-corrected chi connectivity index (χ1v) is 13.5. The maximum atomic E-state index is 12.7. The monoisotopic (exact) mass is 627 g/mol. The van der Waals surface area contributed by atoms with Gasteiger partial charge in [0.2, 0.25) is 5.91 Å². The van der Waals surface area contributed by atoms with Crippen LogP contribution in [0.1, 0.15) is 27.2 Å². The summed E-state index contributed by atoms with van der Waals surface area (Å²) in [4.78, 5) is 31.2. The summed E-state index contributed by atoms with van der Waals surface area (Å²) in [5.41, 5.74) is 4.35. The van der Waals surface area contributed by atoms with Crippen LogP contribution in [0.25, 0.3) is 6.08 Å². The van der Waals surface area contributed by atoms with E-state index in [0.29, 0.717) is 38.5 Å². The molecule has 7 heteroatoms. The topological polar surface area (TPSA) is 65.5 Å². The number of pyridine rings is 1. The standard InChI is InChI=1S/C26H25N4O2.Hg/c31-25(13-8-20-4-2-1-3-5-20)29-24-12-11-23(28-19-24)18-21-6-9-22(10-7-21)26(32)30-16-14-27-15-17-30;/h1-13,19H,14-18H2,(H,29,31);/q-1;+1/b13-8+;. The third-order valence-corrected chi connectivity index (χ3v) is 8.02. The summed E-state index contributed by atoms with van der Waals surface area (Å²) in [5.74, 6) is -0.0839. The van der Waals surface area contributed by atoms with E-state index in [9.17, 15) is 9.59 Å². The third-order valence-electron chi connectivity index (χ3n) is 5.56. The fourth-order valence-electron chi connectivity index (χ4n) is 3.63. The number of hydrogen-bond donors (Lipinski definition) is 1. The fraction of sp³-hybridized carbons (Fsp3) is 0.192. The van der Waals surface area contributed by atoms with Gasteiger partial charge < -0.3 is 5.32 Å². The van der Waals surface area contributed by atoms with E-state index in [0.717, 1.165) is 48.6 Å². The Morgan fingerprint density at radius 1 is 0.939 bits per heavy atom. The van der Waals surface area contributed by atoms with Crippen molar-refractivity contribution in [3.05, 3.63) is 101 Å². The average Bonchev–Trinajstić information content (AvgIpc) is 2.85. The van der Waals surface area contributed by atoms with Crippen LogP contribution in [0, 0.1) is 0 Å². The molecule has 0 saturated carbocycles. The van der Waals surface area contributed by atoms with Gasteiger partial charge in [0.05, 0.1) is 11.9 Å². The van der Waals surface area contributed by atoms with Crippen molar-refractivity contribution in [1.82, 2.24) is 12.5 Å². The molecule has 1 aromatic heterocycles. The molecule has 1 N–H and O–H groups in total. The molecule has 2 heterocycles. The molecule has 0 atom stereocenters. The normalized spacial score (nSPS) is 14.4. The molecule has 4 rings (SSSR count). The van der Waals surface area contributed by atoms with Gasteiger partial charge in [0.1, 0.15) is 0 Å². The summed E-state index contributed by atoms with van der Waals surface area (Å²) in [6.07, 6.45) is 5.62. The van der Waals surface area contributed by atoms with E-state index >= 15 is 0 Å². The van der Waals surface area contributed by atoms with E-state index in [4.69, 9.17) is 0 Å². The van der Waals surface area contributed by atoms with E-state index in [-0.39, 0.29) is 11.8 Å². The molecule has 0 unspecified atom stereocenters. The SMILES string of the molecule is O=C(/C=C/c1ccccc1)Nc1ccc(Cc2ccc(C(=O)N3CC[N]([Hg])CC3)cc2)nc1. The first-order valence-electron chi connectivity index (χ1n) is 11.0. The van der Waals surface area contributed by atoms with Crippen LogP contribution in [-0.4, -0.2) is 50.5 Å². The smallest absolute Gasteiger partial charge is 0.0507 e. The number of nitrogens with one attached hydrogen (secondary N) is 1. The molecule has 6 nitrogen and oxygen atoms in total. The van der Waals surface area contributed by atoms with Crippen molar-refractivity contribution in [2.24, 2.45) is 0 Å². The van der Waals surface area contributed by atoms with Gasteiger partial charge in [-0.1, -0.05) is 30.3 Å². The fourth-order valence-corrected chi connectivity index (χ4v) is 4.73. The van der Waals surface area contributed by atoms with E-state index < -0.39 is 0 Å². The van der Waals surface area contributed by atoms with Crippen molar-refractivity contribution >= 4 is 23.6 Å². The van der Waals surface area contributed by atoms with Gasteiger partial charge in [-0.05, 0) is 17.7 Å². The molecule has 0 aliphatic carbocycles. The van der Waals surface area contributed by atoms with Crippen LogP contribution >= 0.6 is 0 Å². The minimum atomic E-state index is -0.197.